The summed E-state index contributed by atoms with van der Waals surface area (Å²) in [5.74, 6) is -3.60. The summed E-state index contributed by atoms with van der Waals surface area (Å²) in [4.78, 5) is 62.0. The minimum Gasteiger partial charge on any atom is -0.874 e. The first kappa shape index (κ1) is 58.8. The maximum absolute atomic E-state index is 13.4. The number of hydrogen-bond donors (Lipinski definition) is 0. The second-order valence-corrected chi connectivity index (χ2v) is 19.0. The Bertz CT molecular complexity index is 1470. The van der Waals surface area contributed by atoms with E-state index in [4.69, 9.17) is 42.4 Å². The number of Topliss-reactive ketones (excluding diaryl/α,β-unsaturated/α-hetero) is 2. The van der Waals surface area contributed by atoms with Crippen LogP contribution in [0, 0.1) is 23.7 Å². The molecule has 0 saturated carbocycles. The standard InChI is InChI=1S/2C22H34ClNO5S.Mg/c2*1-6-9-17(24-28-11-8-10-23)20-18(25)13-16(12-15(5)30-7-2)19(21(20)26)22(27)29-14(3)4;/h2*8,10,14-16,19,26H,6-7,9,11-13H2,1-5H3;/q;;+2/p-2/b2*10-8+,24-17?;. The number of hydrogen-bond acceptors (Lipinski definition) is 14. The molecule has 0 bridgehead atoms. The van der Waals surface area contributed by atoms with E-state index < -0.39 is 35.3 Å². The van der Waals surface area contributed by atoms with Crippen LogP contribution in [0.3, 0.4) is 0 Å². The Morgan fingerprint density at radius 1 is 0.689 bits per heavy atom. The predicted octanol–water partition coefficient (Wildman–Crippen LogP) is 8.05. The Kier molecular flexibility index (Phi) is 31.3. The minimum atomic E-state index is -0.996. The molecule has 0 fully saturated rings. The van der Waals surface area contributed by atoms with Crippen molar-refractivity contribution in [3.8, 4) is 0 Å². The molecule has 340 valence electrons. The first-order valence-electron chi connectivity index (χ1n) is 20.9. The van der Waals surface area contributed by atoms with E-state index in [1.807, 2.05) is 13.8 Å². The van der Waals surface area contributed by atoms with Crippen molar-refractivity contribution in [2.75, 3.05) is 24.7 Å². The van der Waals surface area contributed by atoms with E-state index in [9.17, 15) is 29.4 Å². The number of esters is 2. The summed E-state index contributed by atoms with van der Waals surface area (Å²) >= 11 is 14.4. The largest absolute Gasteiger partial charge is 2.00 e. The van der Waals surface area contributed by atoms with Crippen LogP contribution in [0.1, 0.15) is 121 Å². The molecular formula is C44H66Cl2MgN2O10S2. The van der Waals surface area contributed by atoms with Gasteiger partial charge in [0.15, 0.2) is 11.6 Å². The summed E-state index contributed by atoms with van der Waals surface area (Å²) in [6.07, 6.45) is 6.00. The zero-order valence-corrected chi connectivity index (χ0v) is 42.2. The Morgan fingerprint density at radius 2 is 1.03 bits per heavy atom. The van der Waals surface area contributed by atoms with Gasteiger partial charge in [0.25, 0.3) is 0 Å². The number of rotatable bonds is 24. The van der Waals surface area contributed by atoms with Crippen LogP contribution in [0.25, 0.3) is 0 Å². The molecule has 0 aromatic heterocycles. The van der Waals surface area contributed by atoms with Crippen molar-refractivity contribution < 1.29 is 48.5 Å². The molecule has 0 radical (unpaired) electrons. The molecule has 0 saturated heterocycles. The monoisotopic (exact) mass is 940 g/mol. The van der Waals surface area contributed by atoms with Gasteiger partial charge in [-0.3, -0.25) is 19.2 Å². The molecule has 2 rings (SSSR count). The van der Waals surface area contributed by atoms with Crippen molar-refractivity contribution >= 4 is 105 Å². The molecule has 0 aromatic rings. The van der Waals surface area contributed by atoms with Gasteiger partial charge < -0.3 is 29.4 Å². The molecule has 61 heavy (non-hydrogen) atoms. The van der Waals surface area contributed by atoms with Crippen molar-refractivity contribution in [2.24, 2.45) is 34.0 Å². The maximum atomic E-state index is 13.4. The molecular weight excluding hydrogens is 876 g/mol. The van der Waals surface area contributed by atoms with Crippen LogP contribution in [-0.4, -0.2) is 105 Å². The number of ketones is 2. The van der Waals surface area contributed by atoms with E-state index in [1.54, 1.807) is 63.4 Å². The Hall–Kier alpha value is -2.17. The summed E-state index contributed by atoms with van der Waals surface area (Å²) < 4.78 is 10.8. The molecule has 2 aliphatic rings. The Morgan fingerprint density at radius 3 is 1.31 bits per heavy atom. The second kappa shape index (κ2) is 32.5. The third-order valence-corrected chi connectivity index (χ3v) is 11.8. The van der Waals surface area contributed by atoms with Gasteiger partial charge in [-0.2, -0.15) is 23.5 Å². The average molecular weight is 942 g/mol. The van der Waals surface area contributed by atoms with E-state index in [1.165, 1.54) is 11.1 Å². The van der Waals surface area contributed by atoms with Crippen LogP contribution in [-0.2, 0) is 38.3 Å². The van der Waals surface area contributed by atoms with Gasteiger partial charge in [-0.05, 0) is 88.9 Å². The first-order valence-corrected chi connectivity index (χ1v) is 23.9. The predicted molar refractivity (Wildman–Crippen MR) is 246 cm³/mol. The van der Waals surface area contributed by atoms with Crippen molar-refractivity contribution in [3.05, 3.63) is 45.9 Å². The molecule has 6 atom stereocenters. The van der Waals surface area contributed by atoms with Gasteiger partial charge in [0.1, 0.15) is 13.2 Å². The molecule has 0 aliphatic heterocycles. The minimum absolute atomic E-state index is 0. The summed E-state index contributed by atoms with van der Waals surface area (Å²) in [5.41, 5.74) is 3.13. The molecule has 17 heteroatoms. The van der Waals surface area contributed by atoms with Gasteiger partial charge in [0.05, 0.1) is 35.5 Å². The number of allylic oxidation sites excluding steroid dienone is 2. The number of carbonyl (C=O) groups excluding carboxylic acids is 4. The average Bonchev–Trinajstić information content (AvgIpc) is 3.14. The van der Waals surface area contributed by atoms with Gasteiger partial charge in [0.2, 0.25) is 0 Å². The third-order valence-electron chi connectivity index (χ3n) is 9.26. The van der Waals surface area contributed by atoms with E-state index in [0.29, 0.717) is 38.5 Å². The quantitative estimate of drug-likeness (QED) is 0.0300. The normalized spacial score (nSPS) is 21.1. The maximum Gasteiger partial charge on any atom is 2.00 e. The van der Waals surface area contributed by atoms with E-state index in [-0.39, 0.29) is 118 Å². The van der Waals surface area contributed by atoms with Gasteiger partial charge in [-0.25, -0.2) is 0 Å². The first-order chi connectivity index (χ1) is 28.5. The third kappa shape index (κ3) is 20.5. The SMILES string of the molecule is CCCC(=NOC/C=C/Cl)C1=C([O-])C(C(=O)OC(C)C)C(CC(C)SCC)CC1=O.CCCC(=NOC/C=C/Cl)C1=C([O-])C(C(=O)OC(C)C)C(CC(C)SCC)CC1=O.[Mg+2]. The number of halogens is 2. The van der Waals surface area contributed by atoms with Crippen LogP contribution in [0.2, 0.25) is 0 Å². The summed E-state index contributed by atoms with van der Waals surface area (Å²) in [6.45, 7) is 19.3. The number of ether oxygens (including phenoxy) is 2. The summed E-state index contributed by atoms with van der Waals surface area (Å²) in [6, 6.07) is 0. The van der Waals surface area contributed by atoms with Gasteiger partial charge in [-0.15, -0.1) is 11.5 Å². The molecule has 6 unspecified atom stereocenters. The Balaban J connectivity index is 0.00000116. The van der Waals surface area contributed by atoms with Crippen molar-refractivity contribution in [1.29, 1.82) is 0 Å². The molecule has 12 nitrogen and oxygen atoms in total. The van der Waals surface area contributed by atoms with Crippen LogP contribution < -0.4 is 10.2 Å². The van der Waals surface area contributed by atoms with Crippen molar-refractivity contribution in [1.82, 2.24) is 0 Å². The fourth-order valence-corrected chi connectivity index (χ4v) is 9.09. The van der Waals surface area contributed by atoms with Crippen LogP contribution in [0.5, 0.6) is 0 Å². The zero-order chi connectivity index (χ0) is 45.4. The fourth-order valence-electron chi connectivity index (χ4n) is 7.04. The van der Waals surface area contributed by atoms with Crippen LogP contribution >= 0.6 is 46.7 Å². The van der Waals surface area contributed by atoms with Crippen molar-refractivity contribution in [2.45, 2.75) is 143 Å². The van der Waals surface area contributed by atoms with Crippen molar-refractivity contribution in [3.63, 3.8) is 0 Å². The van der Waals surface area contributed by atoms with E-state index in [2.05, 4.69) is 38.0 Å². The van der Waals surface area contributed by atoms with E-state index >= 15 is 0 Å². The molecule has 0 spiro atoms. The fraction of sp³-hybridized carbons (Fsp3) is 0.682. The summed E-state index contributed by atoms with van der Waals surface area (Å²) in [7, 11) is 0. The number of thioether (sulfide) groups is 2. The smallest absolute Gasteiger partial charge is 0.874 e. The number of oxime groups is 2. The zero-order valence-electron chi connectivity index (χ0n) is 37.7. The molecule has 0 heterocycles. The Labute approximate surface area is 398 Å². The second-order valence-electron chi connectivity index (χ2n) is 15.1. The molecule has 2 aliphatic carbocycles. The molecule has 0 N–H and O–H groups in total. The van der Waals surface area contributed by atoms with Crippen LogP contribution in [0.15, 0.2) is 56.2 Å². The summed E-state index contributed by atoms with van der Waals surface area (Å²) in [5, 5.41) is 35.2. The van der Waals surface area contributed by atoms with Crippen LogP contribution in [0.4, 0.5) is 0 Å². The number of nitrogens with zero attached hydrogens (tertiary/aromatic N) is 2. The molecule has 0 amide bonds. The van der Waals surface area contributed by atoms with Gasteiger partial charge in [0, 0.05) is 45.6 Å². The molecule has 0 aromatic carbocycles. The van der Waals surface area contributed by atoms with Gasteiger partial charge in [-0.1, -0.05) is 87.9 Å². The number of carbonyl (C=O) groups is 4. The van der Waals surface area contributed by atoms with Gasteiger partial charge >= 0.3 is 35.0 Å². The topological polar surface area (TPSA) is 176 Å². The van der Waals surface area contributed by atoms with E-state index in [0.717, 1.165) is 11.5 Å².